The van der Waals surface area contributed by atoms with Crippen LogP contribution in [0.15, 0.2) is 35.3 Å². The predicted octanol–water partition coefficient (Wildman–Crippen LogP) is 2.64. The summed E-state index contributed by atoms with van der Waals surface area (Å²) in [5, 5.41) is 5.82. The van der Waals surface area contributed by atoms with Crippen LogP contribution < -0.4 is 0 Å². The zero-order valence-corrected chi connectivity index (χ0v) is 15.5. The molecule has 3 aromatic rings. The molecule has 1 aliphatic heterocycles. The lowest BCUT2D eigenvalue weighted by molar-refractivity contribution is -0.141. The fraction of sp³-hybridized carbons (Fsp3) is 0.294. The van der Waals surface area contributed by atoms with Crippen molar-refractivity contribution in [2.45, 2.75) is 17.5 Å². The van der Waals surface area contributed by atoms with Crippen molar-refractivity contribution in [3.05, 3.63) is 53.0 Å². The van der Waals surface area contributed by atoms with Crippen molar-refractivity contribution in [3.8, 4) is 0 Å². The highest BCUT2D eigenvalue weighted by Gasteiger charge is 2.39. The topological polar surface area (TPSA) is 90.1 Å². The number of aryl methyl sites for hydroxylation is 1. The molecule has 4 rings (SSSR count). The first-order chi connectivity index (χ1) is 13.1. The summed E-state index contributed by atoms with van der Waals surface area (Å²) in [6.07, 6.45) is -2.00. The Morgan fingerprint density at radius 2 is 1.86 bits per heavy atom. The van der Waals surface area contributed by atoms with E-state index in [9.17, 15) is 21.6 Å². The van der Waals surface area contributed by atoms with Gasteiger partial charge < -0.3 is 4.57 Å². The number of rotatable bonds is 2. The lowest BCUT2D eigenvalue weighted by Crippen LogP contribution is -2.25. The third kappa shape index (κ3) is 2.95. The summed E-state index contributed by atoms with van der Waals surface area (Å²) in [6, 6.07) is 6.82. The van der Waals surface area contributed by atoms with E-state index in [0.717, 1.165) is 12.3 Å². The van der Waals surface area contributed by atoms with Crippen molar-refractivity contribution >= 4 is 27.2 Å². The Morgan fingerprint density at radius 1 is 1.14 bits per heavy atom. The molecule has 7 nitrogen and oxygen atoms in total. The highest BCUT2D eigenvalue weighted by molar-refractivity contribution is 7.91. The average molecular weight is 409 g/mol. The lowest BCUT2D eigenvalue weighted by atomic mass is 9.97. The molecule has 1 aliphatic rings. The standard InChI is InChI=1S/C17H14F3N5O2S/c1-25-15-11(7-12(23-24-15)17(18,19)20)22-16(25)13-14(28(2,26)27)10-6-4-3-5-9(10)8-21-13/h3-8,13-14H,1-2H3. The number of aromatic nitrogens is 4. The van der Waals surface area contributed by atoms with Gasteiger partial charge in [-0.05, 0) is 11.1 Å². The normalized spacial score (nSPS) is 19.8. The summed E-state index contributed by atoms with van der Waals surface area (Å²) in [6.45, 7) is 0. The van der Waals surface area contributed by atoms with Crippen molar-refractivity contribution in [1.29, 1.82) is 0 Å². The molecule has 2 aromatic heterocycles. The maximum absolute atomic E-state index is 12.9. The van der Waals surface area contributed by atoms with Gasteiger partial charge in [-0.3, -0.25) is 4.99 Å². The summed E-state index contributed by atoms with van der Waals surface area (Å²) in [5.74, 6) is 0.199. The second-order valence-corrected chi connectivity index (χ2v) is 8.73. The first kappa shape index (κ1) is 18.5. The fourth-order valence-electron chi connectivity index (χ4n) is 3.37. The van der Waals surface area contributed by atoms with Crippen LogP contribution in [0.4, 0.5) is 13.2 Å². The van der Waals surface area contributed by atoms with E-state index in [-0.39, 0.29) is 17.0 Å². The number of nitrogens with zero attached hydrogens (tertiary/aromatic N) is 5. The Morgan fingerprint density at radius 3 is 2.54 bits per heavy atom. The van der Waals surface area contributed by atoms with E-state index < -0.39 is 33.0 Å². The van der Waals surface area contributed by atoms with Gasteiger partial charge >= 0.3 is 6.18 Å². The van der Waals surface area contributed by atoms with Crippen molar-refractivity contribution in [3.63, 3.8) is 0 Å². The van der Waals surface area contributed by atoms with Gasteiger partial charge in [0.05, 0.1) is 0 Å². The van der Waals surface area contributed by atoms with Crippen LogP contribution in [0.25, 0.3) is 11.2 Å². The van der Waals surface area contributed by atoms with Gasteiger partial charge in [0.1, 0.15) is 22.6 Å². The van der Waals surface area contributed by atoms with Gasteiger partial charge in [0.15, 0.2) is 21.2 Å². The number of hydrogen-bond donors (Lipinski definition) is 0. The van der Waals surface area contributed by atoms with Gasteiger partial charge in [0.2, 0.25) is 0 Å². The number of imidazole rings is 1. The minimum Gasteiger partial charge on any atom is -0.312 e. The highest BCUT2D eigenvalue weighted by atomic mass is 32.2. The van der Waals surface area contributed by atoms with Gasteiger partial charge in [-0.15, -0.1) is 10.2 Å². The zero-order chi connectivity index (χ0) is 20.3. The van der Waals surface area contributed by atoms with Gasteiger partial charge in [0.25, 0.3) is 0 Å². The van der Waals surface area contributed by atoms with E-state index in [1.165, 1.54) is 4.57 Å². The summed E-state index contributed by atoms with van der Waals surface area (Å²) in [4.78, 5) is 8.59. The van der Waals surface area contributed by atoms with Crippen molar-refractivity contribution < 1.29 is 21.6 Å². The maximum Gasteiger partial charge on any atom is 0.435 e. The molecular weight excluding hydrogens is 395 g/mol. The number of fused-ring (bicyclic) bond motifs is 2. The molecule has 0 amide bonds. The first-order valence-electron chi connectivity index (χ1n) is 8.15. The van der Waals surface area contributed by atoms with Crippen LogP contribution in [-0.4, -0.2) is 40.6 Å². The van der Waals surface area contributed by atoms with Crippen LogP contribution >= 0.6 is 0 Å². The Kier molecular flexibility index (Phi) is 4.03. The first-order valence-corrected chi connectivity index (χ1v) is 10.1. The van der Waals surface area contributed by atoms with Crippen molar-refractivity contribution in [2.24, 2.45) is 12.0 Å². The molecule has 11 heteroatoms. The zero-order valence-electron chi connectivity index (χ0n) is 14.7. The molecule has 3 heterocycles. The quantitative estimate of drug-likeness (QED) is 0.649. The monoisotopic (exact) mass is 409 g/mol. The number of alkyl halides is 3. The van der Waals surface area contributed by atoms with E-state index >= 15 is 0 Å². The van der Waals surface area contributed by atoms with Crippen molar-refractivity contribution in [1.82, 2.24) is 19.7 Å². The summed E-state index contributed by atoms with van der Waals surface area (Å²) >= 11 is 0. The molecule has 0 bridgehead atoms. The average Bonchev–Trinajstić information content (AvgIpc) is 2.95. The van der Waals surface area contributed by atoms with Crippen molar-refractivity contribution in [2.75, 3.05) is 6.26 Å². The molecule has 0 saturated heterocycles. The van der Waals surface area contributed by atoms with Crippen LogP contribution in [0.1, 0.15) is 33.9 Å². The molecule has 28 heavy (non-hydrogen) atoms. The van der Waals surface area contributed by atoms with Crippen LogP contribution in [0.5, 0.6) is 0 Å². The smallest absolute Gasteiger partial charge is 0.312 e. The SMILES string of the molecule is Cn1c(C2N=Cc3ccccc3C2S(C)(=O)=O)nc2cc(C(F)(F)F)nnc21. The predicted molar refractivity (Wildman–Crippen MR) is 95.7 cm³/mol. The molecule has 2 unspecified atom stereocenters. The molecule has 0 spiro atoms. The third-order valence-corrected chi connectivity index (χ3v) is 6.07. The fourth-order valence-corrected chi connectivity index (χ4v) is 4.71. The molecule has 2 atom stereocenters. The maximum atomic E-state index is 12.9. The number of sulfone groups is 1. The van der Waals surface area contributed by atoms with E-state index in [0.29, 0.717) is 11.1 Å². The van der Waals surface area contributed by atoms with Crippen LogP contribution in [0, 0.1) is 0 Å². The molecule has 0 aliphatic carbocycles. The lowest BCUT2D eigenvalue weighted by Gasteiger charge is -2.27. The van der Waals surface area contributed by atoms with Gasteiger partial charge in [-0.25, -0.2) is 13.4 Å². The molecule has 146 valence electrons. The van der Waals surface area contributed by atoms with E-state index in [1.54, 1.807) is 37.5 Å². The highest BCUT2D eigenvalue weighted by Crippen LogP contribution is 2.42. The second-order valence-electron chi connectivity index (χ2n) is 6.57. The largest absolute Gasteiger partial charge is 0.435 e. The number of halogens is 3. The van der Waals surface area contributed by atoms with Gasteiger partial charge in [0, 0.05) is 25.6 Å². The van der Waals surface area contributed by atoms with Gasteiger partial charge in [-0.2, -0.15) is 13.2 Å². The minimum atomic E-state index is -4.66. The van der Waals surface area contributed by atoms with Crippen LogP contribution in [0.3, 0.4) is 0 Å². The minimum absolute atomic E-state index is 0.0267. The molecule has 0 N–H and O–H groups in total. The van der Waals surface area contributed by atoms with Crippen LogP contribution in [0.2, 0.25) is 0 Å². The van der Waals surface area contributed by atoms with E-state index in [4.69, 9.17) is 0 Å². The van der Waals surface area contributed by atoms with Crippen LogP contribution in [-0.2, 0) is 23.1 Å². The number of benzene rings is 1. The summed E-state index contributed by atoms with van der Waals surface area (Å²) in [5.41, 5.74) is 0.165. The molecule has 0 saturated carbocycles. The Hall–Kier alpha value is -2.82. The number of hydrogen-bond acceptors (Lipinski definition) is 6. The molecular formula is C17H14F3N5O2S. The Bertz CT molecular complexity index is 1220. The Labute approximate surface area is 157 Å². The van der Waals surface area contributed by atoms with E-state index in [1.807, 2.05) is 0 Å². The summed E-state index contributed by atoms with van der Waals surface area (Å²) < 4.78 is 65.3. The number of aliphatic imine (C=N–C) groups is 1. The van der Waals surface area contributed by atoms with Gasteiger partial charge in [-0.1, -0.05) is 24.3 Å². The summed E-state index contributed by atoms with van der Waals surface area (Å²) in [7, 11) is -2.06. The Balaban J connectivity index is 1.90. The third-order valence-electron chi connectivity index (χ3n) is 4.63. The second kappa shape index (κ2) is 6.09. The molecule has 0 fully saturated rings. The molecule has 0 radical (unpaired) electrons. The molecule has 1 aromatic carbocycles. The van der Waals surface area contributed by atoms with E-state index in [2.05, 4.69) is 20.2 Å².